The highest BCUT2D eigenvalue weighted by atomic mass is 19.4. The van der Waals surface area contributed by atoms with Gasteiger partial charge < -0.3 is 20.9 Å². The van der Waals surface area contributed by atoms with E-state index in [4.69, 9.17) is 5.73 Å². The maximum atomic E-state index is 12.9. The third-order valence-electron chi connectivity index (χ3n) is 7.07. The quantitative estimate of drug-likeness (QED) is 0.624. The fourth-order valence-electron chi connectivity index (χ4n) is 4.96. The van der Waals surface area contributed by atoms with Crippen LogP contribution in [0.4, 0.5) is 29.7 Å². The van der Waals surface area contributed by atoms with Gasteiger partial charge in [0.25, 0.3) is 0 Å². The minimum atomic E-state index is -4.59. The van der Waals surface area contributed by atoms with Crippen molar-refractivity contribution in [2.45, 2.75) is 44.9 Å². The second kappa shape index (κ2) is 11.3. The number of carbonyl (C=O) groups excluding carboxylic acids is 1. The molecule has 8 nitrogen and oxygen atoms in total. The van der Waals surface area contributed by atoms with E-state index in [1.165, 1.54) is 5.56 Å². The molecule has 0 bridgehead atoms. The molecule has 36 heavy (non-hydrogen) atoms. The molecular weight excluding hydrogens is 471 g/mol. The van der Waals surface area contributed by atoms with Crippen molar-refractivity contribution in [2.75, 3.05) is 49.9 Å². The van der Waals surface area contributed by atoms with Crippen LogP contribution >= 0.6 is 0 Å². The Kier molecular flexibility index (Phi) is 8.17. The van der Waals surface area contributed by atoms with Gasteiger partial charge in [-0.15, -0.1) is 0 Å². The Labute approximate surface area is 209 Å². The highest BCUT2D eigenvalue weighted by Gasteiger charge is 2.35. The molecule has 4 rings (SSSR count). The van der Waals surface area contributed by atoms with Crippen molar-refractivity contribution in [3.05, 3.63) is 47.7 Å². The number of aromatic nitrogens is 2. The van der Waals surface area contributed by atoms with Crippen LogP contribution in [0.5, 0.6) is 0 Å². The highest BCUT2D eigenvalue weighted by molar-refractivity contribution is 5.74. The van der Waals surface area contributed by atoms with Crippen LogP contribution in [-0.2, 0) is 12.7 Å². The summed E-state index contributed by atoms with van der Waals surface area (Å²) in [4.78, 5) is 26.5. The lowest BCUT2D eigenvalue weighted by Crippen LogP contribution is -2.57. The third-order valence-corrected chi connectivity index (χ3v) is 7.07. The van der Waals surface area contributed by atoms with E-state index in [1.54, 1.807) is 9.80 Å². The summed E-state index contributed by atoms with van der Waals surface area (Å²) in [7, 11) is 0. The molecule has 0 aliphatic carbocycles. The second-order valence-electron chi connectivity index (χ2n) is 9.68. The largest absolute Gasteiger partial charge is 0.421 e. The van der Waals surface area contributed by atoms with Crippen LogP contribution in [0.15, 0.2) is 36.5 Å². The van der Waals surface area contributed by atoms with Crippen molar-refractivity contribution in [3.8, 4) is 0 Å². The number of anilines is 2. The lowest BCUT2D eigenvalue weighted by atomic mass is 9.93. The number of rotatable bonds is 6. The van der Waals surface area contributed by atoms with Gasteiger partial charge in [-0.1, -0.05) is 30.3 Å². The summed E-state index contributed by atoms with van der Waals surface area (Å²) in [5.41, 5.74) is 5.80. The average Bonchev–Trinajstić information content (AvgIpc) is 2.85. The van der Waals surface area contributed by atoms with Gasteiger partial charge in [-0.3, -0.25) is 4.90 Å². The van der Waals surface area contributed by atoms with Crippen molar-refractivity contribution in [2.24, 2.45) is 5.92 Å². The normalized spacial score (nSPS) is 19.9. The van der Waals surface area contributed by atoms with E-state index in [0.717, 1.165) is 38.9 Å². The maximum Gasteiger partial charge on any atom is 0.421 e. The van der Waals surface area contributed by atoms with Crippen molar-refractivity contribution in [1.82, 2.24) is 25.1 Å². The van der Waals surface area contributed by atoms with Crippen LogP contribution in [0.25, 0.3) is 0 Å². The van der Waals surface area contributed by atoms with E-state index in [0.29, 0.717) is 38.3 Å². The monoisotopic (exact) mass is 505 g/mol. The number of alkyl halides is 3. The molecule has 1 atom stereocenters. The molecule has 2 saturated heterocycles. The molecule has 0 unspecified atom stereocenters. The molecule has 1 aromatic carbocycles. The number of piperidine rings is 1. The molecule has 3 heterocycles. The molecule has 2 aliphatic heterocycles. The number of amides is 2. The van der Waals surface area contributed by atoms with E-state index >= 15 is 0 Å². The molecule has 2 aliphatic rings. The van der Waals surface area contributed by atoms with Gasteiger partial charge in [0.1, 0.15) is 11.4 Å². The Morgan fingerprint density at radius 2 is 1.86 bits per heavy atom. The molecule has 3 N–H and O–H groups in total. The van der Waals surface area contributed by atoms with Crippen LogP contribution in [0.1, 0.15) is 37.3 Å². The number of piperazine rings is 1. The summed E-state index contributed by atoms with van der Waals surface area (Å²) < 4.78 is 38.7. The zero-order valence-electron chi connectivity index (χ0n) is 20.5. The number of likely N-dealkylation sites (tertiary alicyclic amines) is 1. The Hall–Kier alpha value is -3.08. The van der Waals surface area contributed by atoms with Crippen molar-refractivity contribution in [3.63, 3.8) is 0 Å². The summed E-state index contributed by atoms with van der Waals surface area (Å²) in [6, 6.07) is 10.2. The molecule has 2 amide bonds. The van der Waals surface area contributed by atoms with E-state index < -0.39 is 17.6 Å². The van der Waals surface area contributed by atoms with Crippen LogP contribution in [-0.4, -0.2) is 71.1 Å². The number of hydrogen-bond acceptors (Lipinski definition) is 6. The molecular formula is C25H34F3N7O. The number of carbonyl (C=O) groups is 1. The van der Waals surface area contributed by atoms with Crippen LogP contribution in [0.3, 0.4) is 0 Å². The second-order valence-corrected chi connectivity index (χ2v) is 9.68. The van der Waals surface area contributed by atoms with Gasteiger partial charge in [-0.2, -0.15) is 18.2 Å². The summed E-state index contributed by atoms with van der Waals surface area (Å²) in [5, 5.41) is 3.05. The highest BCUT2D eigenvalue weighted by Crippen LogP contribution is 2.33. The number of halogens is 3. The molecule has 1 aromatic heterocycles. The Bertz CT molecular complexity index is 1010. The summed E-state index contributed by atoms with van der Waals surface area (Å²) in [5.74, 6) is 0.158. The predicted octanol–water partition coefficient (Wildman–Crippen LogP) is 3.60. The van der Waals surface area contributed by atoms with Crippen molar-refractivity contribution < 1.29 is 18.0 Å². The Balaban J connectivity index is 1.18. The van der Waals surface area contributed by atoms with Crippen LogP contribution in [0.2, 0.25) is 0 Å². The predicted molar refractivity (Wildman–Crippen MR) is 132 cm³/mol. The van der Waals surface area contributed by atoms with Gasteiger partial charge in [-0.25, -0.2) is 9.78 Å². The van der Waals surface area contributed by atoms with E-state index in [2.05, 4.69) is 44.5 Å². The van der Waals surface area contributed by atoms with Crippen LogP contribution < -0.4 is 16.0 Å². The average molecular weight is 506 g/mol. The van der Waals surface area contributed by atoms with Gasteiger partial charge in [0, 0.05) is 45.0 Å². The maximum absolute atomic E-state index is 12.9. The standard InChI is InChI=1S/C25H34F3N7O/c1-18-16-34(23-31-15-21(22(29)32-23)25(26,27)28)13-14-35(18)24(36)30-10-7-19-8-11-33(12-9-19)17-20-5-3-2-4-6-20/h2-6,15,18-19H,7-14,16-17H2,1H3,(H,30,36)(H2,29,31,32)/t18-/m0/s1. The number of nitrogens with one attached hydrogen (secondary N) is 1. The van der Waals surface area contributed by atoms with E-state index in [9.17, 15) is 18.0 Å². The van der Waals surface area contributed by atoms with Gasteiger partial charge in [-0.05, 0) is 50.8 Å². The summed E-state index contributed by atoms with van der Waals surface area (Å²) >= 11 is 0. The number of nitrogens with zero attached hydrogens (tertiary/aromatic N) is 5. The van der Waals surface area contributed by atoms with Crippen LogP contribution in [0, 0.1) is 5.92 Å². The number of benzene rings is 1. The van der Waals surface area contributed by atoms with Gasteiger partial charge in [0.2, 0.25) is 5.95 Å². The van der Waals surface area contributed by atoms with E-state index in [-0.39, 0.29) is 18.0 Å². The molecule has 0 saturated carbocycles. The van der Waals surface area contributed by atoms with Gasteiger partial charge in [0.15, 0.2) is 0 Å². The first-order valence-corrected chi connectivity index (χ1v) is 12.5. The number of nitrogen functional groups attached to an aromatic ring is 1. The first-order chi connectivity index (χ1) is 17.2. The Morgan fingerprint density at radius 1 is 1.14 bits per heavy atom. The fraction of sp³-hybridized carbons (Fsp3) is 0.560. The lowest BCUT2D eigenvalue weighted by molar-refractivity contribution is -0.137. The summed E-state index contributed by atoms with van der Waals surface area (Å²) in [6.07, 6.45) is -0.653. The zero-order valence-corrected chi connectivity index (χ0v) is 20.5. The first kappa shape index (κ1) is 26.0. The molecule has 196 valence electrons. The Morgan fingerprint density at radius 3 is 2.50 bits per heavy atom. The first-order valence-electron chi connectivity index (χ1n) is 12.5. The smallest absolute Gasteiger partial charge is 0.383 e. The molecule has 2 fully saturated rings. The summed E-state index contributed by atoms with van der Waals surface area (Å²) in [6.45, 7) is 6.93. The minimum absolute atomic E-state index is 0.114. The molecule has 11 heteroatoms. The number of urea groups is 1. The van der Waals surface area contributed by atoms with E-state index in [1.807, 2.05) is 13.0 Å². The van der Waals surface area contributed by atoms with Gasteiger partial charge in [0.05, 0.1) is 0 Å². The minimum Gasteiger partial charge on any atom is -0.383 e. The SMILES string of the molecule is C[C@H]1CN(c2ncc(C(F)(F)F)c(N)n2)CCN1C(=O)NCCC1CCN(Cc2ccccc2)CC1. The number of hydrogen-bond donors (Lipinski definition) is 2. The topological polar surface area (TPSA) is 90.6 Å². The third kappa shape index (κ3) is 6.57. The lowest BCUT2D eigenvalue weighted by Gasteiger charge is -2.40. The zero-order chi connectivity index (χ0) is 25.7. The van der Waals surface area contributed by atoms with Crippen molar-refractivity contribution >= 4 is 17.8 Å². The van der Waals surface area contributed by atoms with Gasteiger partial charge >= 0.3 is 12.2 Å². The molecule has 0 radical (unpaired) electrons. The fourth-order valence-corrected chi connectivity index (χ4v) is 4.96. The molecule has 0 spiro atoms. The van der Waals surface area contributed by atoms with Crippen molar-refractivity contribution in [1.29, 1.82) is 0 Å². The number of nitrogens with two attached hydrogens (primary N) is 1. The molecule has 2 aromatic rings.